The molecule has 1 aliphatic heterocycles. The molecular formula is C20H20N2O4. The molecule has 6 heteroatoms. The Hall–Kier alpha value is -3.15. The maximum atomic E-state index is 12.3. The van der Waals surface area contributed by atoms with Crippen LogP contribution in [0.4, 0.5) is 5.69 Å². The first-order chi connectivity index (χ1) is 12.5. The summed E-state index contributed by atoms with van der Waals surface area (Å²) in [7, 11) is 0. The first-order valence-electron chi connectivity index (χ1n) is 8.48. The number of carbonyl (C=O) groups excluding carboxylic acids is 3. The third kappa shape index (κ3) is 4.27. The Kier molecular flexibility index (Phi) is 5.31. The van der Waals surface area contributed by atoms with Crippen molar-refractivity contribution in [2.75, 3.05) is 5.32 Å². The Morgan fingerprint density at radius 3 is 2.69 bits per heavy atom. The third-order valence-corrected chi connectivity index (χ3v) is 4.20. The van der Waals surface area contributed by atoms with Crippen LogP contribution in [-0.4, -0.2) is 23.9 Å². The minimum absolute atomic E-state index is 0.0310. The lowest BCUT2D eigenvalue weighted by Gasteiger charge is -2.18. The molecule has 0 saturated heterocycles. The zero-order chi connectivity index (χ0) is 18.5. The molecule has 0 aromatic heterocycles. The SMILES string of the molecule is CC(OC(=O)c1ccc2c(c1)CCC(=O)N2)C(=O)NCc1ccccc1. The average molecular weight is 352 g/mol. The lowest BCUT2D eigenvalue weighted by molar-refractivity contribution is -0.129. The van der Waals surface area contributed by atoms with E-state index in [1.165, 1.54) is 6.92 Å². The molecule has 1 heterocycles. The monoisotopic (exact) mass is 352 g/mol. The highest BCUT2D eigenvalue weighted by Gasteiger charge is 2.21. The van der Waals surface area contributed by atoms with Gasteiger partial charge in [-0.25, -0.2) is 4.79 Å². The smallest absolute Gasteiger partial charge is 0.338 e. The van der Waals surface area contributed by atoms with Crippen LogP contribution < -0.4 is 10.6 Å². The average Bonchev–Trinajstić information content (AvgIpc) is 2.66. The zero-order valence-electron chi connectivity index (χ0n) is 14.5. The van der Waals surface area contributed by atoms with Gasteiger partial charge in [0.25, 0.3) is 5.91 Å². The molecule has 2 aromatic rings. The van der Waals surface area contributed by atoms with E-state index in [0.29, 0.717) is 30.6 Å². The molecule has 0 radical (unpaired) electrons. The number of amides is 2. The summed E-state index contributed by atoms with van der Waals surface area (Å²) < 4.78 is 5.26. The lowest BCUT2D eigenvalue weighted by Crippen LogP contribution is -2.35. The molecule has 26 heavy (non-hydrogen) atoms. The molecule has 134 valence electrons. The summed E-state index contributed by atoms with van der Waals surface area (Å²) in [6.07, 6.45) is 0.0705. The molecule has 0 fully saturated rings. The van der Waals surface area contributed by atoms with E-state index in [-0.39, 0.29) is 11.8 Å². The quantitative estimate of drug-likeness (QED) is 0.810. The summed E-state index contributed by atoms with van der Waals surface area (Å²) in [6, 6.07) is 14.5. The molecule has 0 bridgehead atoms. The van der Waals surface area contributed by atoms with Crippen molar-refractivity contribution in [3.63, 3.8) is 0 Å². The van der Waals surface area contributed by atoms with E-state index in [1.807, 2.05) is 30.3 Å². The standard InChI is InChI=1S/C20H20N2O4/c1-13(19(24)21-12-14-5-3-2-4-6-14)26-20(25)16-7-9-17-15(11-16)8-10-18(23)22-17/h2-7,9,11,13H,8,10,12H2,1H3,(H,21,24)(H,22,23). The summed E-state index contributed by atoms with van der Waals surface area (Å²) >= 11 is 0. The normalized spacial score (nSPS) is 14.0. The second-order valence-electron chi connectivity index (χ2n) is 6.17. The second-order valence-corrected chi connectivity index (χ2v) is 6.17. The minimum Gasteiger partial charge on any atom is -0.449 e. The Morgan fingerprint density at radius 2 is 1.92 bits per heavy atom. The van der Waals surface area contributed by atoms with Crippen molar-refractivity contribution < 1.29 is 19.1 Å². The van der Waals surface area contributed by atoms with Gasteiger partial charge >= 0.3 is 5.97 Å². The van der Waals surface area contributed by atoms with E-state index in [2.05, 4.69) is 10.6 Å². The van der Waals surface area contributed by atoms with E-state index < -0.39 is 12.1 Å². The van der Waals surface area contributed by atoms with Crippen molar-refractivity contribution in [1.82, 2.24) is 5.32 Å². The fraction of sp³-hybridized carbons (Fsp3) is 0.250. The predicted molar refractivity (Wildman–Crippen MR) is 96.6 cm³/mol. The van der Waals surface area contributed by atoms with Crippen molar-refractivity contribution in [2.24, 2.45) is 0 Å². The van der Waals surface area contributed by atoms with Crippen LogP contribution in [0.15, 0.2) is 48.5 Å². The number of hydrogen-bond acceptors (Lipinski definition) is 4. The first-order valence-corrected chi connectivity index (χ1v) is 8.48. The molecule has 2 N–H and O–H groups in total. The fourth-order valence-electron chi connectivity index (χ4n) is 2.72. The fourth-order valence-corrected chi connectivity index (χ4v) is 2.72. The number of aryl methyl sites for hydroxylation is 1. The number of ether oxygens (including phenoxy) is 1. The number of benzene rings is 2. The Balaban J connectivity index is 1.57. The molecule has 0 spiro atoms. The molecular weight excluding hydrogens is 332 g/mol. The molecule has 1 unspecified atom stereocenters. The van der Waals surface area contributed by atoms with Crippen LogP contribution in [0, 0.1) is 0 Å². The van der Waals surface area contributed by atoms with Crippen molar-refractivity contribution in [2.45, 2.75) is 32.4 Å². The zero-order valence-corrected chi connectivity index (χ0v) is 14.5. The molecule has 0 saturated carbocycles. The highest BCUT2D eigenvalue weighted by atomic mass is 16.5. The molecule has 1 atom stereocenters. The molecule has 0 aliphatic carbocycles. The van der Waals surface area contributed by atoms with Gasteiger partial charge in [-0.3, -0.25) is 9.59 Å². The van der Waals surface area contributed by atoms with Crippen LogP contribution in [0.2, 0.25) is 0 Å². The van der Waals surface area contributed by atoms with Crippen LogP contribution in [0.5, 0.6) is 0 Å². The van der Waals surface area contributed by atoms with Gasteiger partial charge in [-0.2, -0.15) is 0 Å². The molecule has 1 aliphatic rings. The number of esters is 1. The maximum absolute atomic E-state index is 12.3. The third-order valence-electron chi connectivity index (χ3n) is 4.20. The topological polar surface area (TPSA) is 84.5 Å². The number of hydrogen-bond donors (Lipinski definition) is 2. The molecule has 2 amide bonds. The highest BCUT2D eigenvalue weighted by Crippen LogP contribution is 2.24. The first kappa shape index (κ1) is 17.7. The maximum Gasteiger partial charge on any atom is 0.338 e. The van der Waals surface area contributed by atoms with Gasteiger partial charge < -0.3 is 15.4 Å². The van der Waals surface area contributed by atoms with Crippen molar-refractivity contribution >= 4 is 23.5 Å². The van der Waals surface area contributed by atoms with Crippen LogP contribution >= 0.6 is 0 Å². The van der Waals surface area contributed by atoms with E-state index in [0.717, 1.165) is 11.1 Å². The summed E-state index contributed by atoms with van der Waals surface area (Å²) in [4.78, 5) is 35.8. The second kappa shape index (κ2) is 7.82. The van der Waals surface area contributed by atoms with Gasteiger partial charge in [0.15, 0.2) is 6.10 Å². The van der Waals surface area contributed by atoms with Gasteiger partial charge in [0.05, 0.1) is 5.56 Å². The molecule has 2 aromatic carbocycles. The Labute approximate surface area is 151 Å². The molecule has 3 rings (SSSR count). The largest absolute Gasteiger partial charge is 0.449 e. The van der Waals surface area contributed by atoms with Gasteiger partial charge in [0, 0.05) is 18.7 Å². The summed E-state index contributed by atoms with van der Waals surface area (Å²) in [6.45, 7) is 1.91. The van der Waals surface area contributed by atoms with Crippen LogP contribution in [0.25, 0.3) is 0 Å². The van der Waals surface area contributed by atoms with E-state index in [4.69, 9.17) is 4.74 Å². The van der Waals surface area contributed by atoms with Crippen molar-refractivity contribution in [1.29, 1.82) is 0 Å². The van der Waals surface area contributed by atoms with Crippen LogP contribution in [0.3, 0.4) is 0 Å². The summed E-state index contributed by atoms with van der Waals surface area (Å²) in [5, 5.41) is 5.51. The van der Waals surface area contributed by atoms with Crippen LogP contribution in [-0.2, 0) is 27.3 Å². The number of rotatable bonds is 5. The van der Waals surface area contributed by atoms with E-state index in [9.17, 15) is 14.4 Å². The molecule has 6 nitrogen and oxygen atoms in total. The van der Waals surface area contributed by atoms with Crippen LogP contribution in [0.1, 0.15) is 34.8 Å². The Morgan fingerprint density at radius 1 is 1.15 bits per heavy atom. The number of anilines is 1. The predicted octanol–water partition coefficient (Wildman–Crippen LogP) is 2.43. The number of carbonyl (C=O) groups is 3. The summed E-state index contributed by atoms with van der Waals surface area (Å²) in [5.41, 5.74) is 2.94. The number of nitrogens with one attached hydrogen (secondary N) is 2. The van der Waals surface area contributed by atoms with E-state index >= 15 is 0 Å². The van der Waals surface area contributed by atoms with Gasteiger partial charge in [-0.15, -0.1) is 0 Å². The highest BCUT2D eigenvalue weighted by molar-refractivity contribution is 5.96. The summed E-state index contributed by atoms with van der Waals surface area (Å²) in [5.74, 6) is -0.948. The minimum atomic E-state index is -0.901. The number of fused-ring (bicyclic) bond motifs is 1. The van der Waals surface area contributed by atoms with E-state index in [1.54, 1.807) is 18.2 Å². The van der Waals surface area contributed by atoms with Gasteiger partial charge in [0.1, 0.15) is 0 Å². The van der Waals surface area contributed by atoms with Gasteiger partial charge in [-0.1, -0.05) is 30.3 Å². The van der Waals surface area contributed by atoms with Gasteiger partial charge in [-0.05, 0) is 42.7 Å². The lowest BCUT2D eigenvalue weighted by atomic mass is 10.0. The van der Waals surface area contributed by atoms with Gasteiger partial charge in [0.2, 0.25) is 5.91 Å². The Bertz CT molecular complexity index is 833. The van der Waals surface area contributed by atoms with Crippen molar-refractivity contribution in [3.05, 3.63) is 65.2 Å². The van der Waals surface area contributed by atoms with Crippen molar-refractivity contribution in [3.8, 4) is 0 Å².